The molecule has 0 N–H and O–H groups in total. The van der Waals surface area contributed by atoms with Crippen molar-refractivity contribution < 1.29 is 4.79 Å². The first-order valence-electron chi connectivity index (χ1n) is 7.49. The van der Waals surface area contributed by atoms with Gasteiger partial charge in [0.15, 0.2) is 0 Å². The second-order valence-corrected chi connectivity index (χ2v) is 6.68. The Morgan fingerprint density at radius 2 is 1.95 bits per heavy atom. The van der Waals surface area contributed by atoms with Gasteiger partial charge in [0, 0.05) is 36.5 Å². The second-order valence-electron chi connectivity index (χ2n) is 5.37. The molecule has 0 spiro atoms. The third kappa shape index (κ3) is 3.30. The van der Waals surface area contributed by atoms with Crippen molar-refractivity contribution in [3.05, 3.63) is 59.7 Å². The van der Waals surface area contributed by atoms with Crippen LogP contribution in [0.25, 0.3) is 0 Å². The van der Waals surface area contributed by atoms with E-state index >= 15 is 0 Å². The molecule has 0 bridgehead atoms. The summed E-state index contributed by atoms with van der Waals surface area (Å²) in [5.41, 5.74) is 2.71. The highest BCUT2D eigenvalue weighted by Crippen LogP contribution is 2.36. The summed E-state index contributed by atoms with van der Waals surface area (Å²) in [6.45, 7) is 3.66. The Morgan fingerprint density at radius 1 is 1.18 bits per heavy atom. The van der Waals surface area contributed by atoms with Crippen LogP contribution < -0.4 is 0 Å². The summed E-state index contributed by atoms with van der Waals surface area (Å²) < 4.78 is 0. The number of hydrogen-bond acceptors (Lipinski definition) is 4. The van der Waals surface area contributed by atoms with Gasteiger partial charge in [-0.3, -0.25) is 4.79 Å². The lowest BCUT2D eigenvalue weighted by atomic mass is 10.0. The van der Waals surface area contributed by atoms with Gasteiger partial charge < -0.3 is 4.90 Å². The highest BCUT2D eigenvalue weighted by Gasteiger charge is 2.24. The molecule has 1 amide bonds. The zero-order valence-corrected chi connectivity index (χ0v) is 13.4. The van der Waals surface area contributed by atoms with Crippen LogP contribution in [0.2, 0.25) is 0 Å². The van der Waals surface area contributed by atoms with Crippen LogP contribution in [0.1, 0.15) is 33.4 Å². The summed E-state index contributed by atoms with van der Waals surface area (Å²) in [4.78, 5) is 22.5. The van der Waals surface area contributed by atoms with Gasteiger partial charge in [-0.05, 0) is 30.5 Å². The Morgan fingerprint density at radius 3 is 2.73 bits per heavy atom. The molecule has 1 aromatic heterocycles. The van der Waals surface area contributed by atoms with E-state index in [1.165, 1.54) is 11.1 Å². The maximum Gasteiger partial charge on any atom is 0.291 e. The van der Waals surface area contributed by atoms with Crippen molar-refractivity contribution in [3.63, 3.8) is 0 Å². The molecule has 4 nitrogen and oxygen atoms in total. The van der Waals surface area contributed by atoms with E-state index in [1.807, 2.05) is 16.7 Å². The number of carbonyl (C=O) groups excluding carboxylic acids is 1. The fourth-order valence-electron chi connectivity index (χ4n) is 2.72. The number of rotatable bonds is 2. The van der Waals surface area contributed by atoms with Gasteiger partial charge in [-0.15, -0.1) is 0 Å². The van der Waals surface area contributed by atoms with Gasteiger partial charge in [0.1, 0.15) is 0 Å². The van der Waals surface area contributed by atoms with E-state index in [0.717, 1.165) is 25.3 Å². The molecule has 1 aliphatic heterocycles. The number of hydrogen-bond donors (Lipinski definition) is 0. The predicted octanol–water partition coefficient (Wildman–Crippen LogP) is 3.11. The number of benzene rings is 1. The number of aromatic nitrogens is 2. The first kappa shape index (κ1) is 15.0. The van der Waals surface area contributed by atoms with Crippen LogP contribution >= 0.6 is 11.8 Å². The number of aryl methyl sites for hydroxylation is 1. The van der Waals surface area contributed by atoms with E-state index in [2.05, 4.69) is 41.2 Å². The zero-order valence-electron chi connectivity index (χ0n) is 12.6. The molecule has 1 aromatic carbocycles. The Hall–Kier alpha value is -1.88. The minimum atomic E-state index is -0.0633. The lowest BCUT2D eigenvalue weighted by Crippen LogP contribution is -2.34. The second kappa shape index (κ2) is 6.92. The van der Waals surface area contributed by atoms with Gasteiger partial charge in [-0.2, -0.15) is 11.8 Å². The smallest absolute Gasteiger partial charge is 0.291 e. The Labute approximate surface area is 135 Å². The monoisotopic (exact) mass is 313 g/mol. The molecule has 5 heteroatoms. The summed E-state index contributed by atoms with van der Waals surface area (Å²) in [7, 11) is 0. The van der Waals surface area contributed by atoms with Crippen molar-refractivity contribution in [2.45, 2.75) is 18.6 Å². The van der Waals surface area contributed by atoms with Crippen LogP contribution in [-0.4, -0.2) is 39.6 Å². The fraction of sp³-hybridized carbons (Fsp3) is 0.353. The van der Waals surface area contributed by atoms with Crippen LogP contribution in [0.3, 0.4) is 0 Å². The van der Waals surface area contributed by atoms with Crippen LogP contribution in [0.5, 0.6) is 0 Å². The van der Waals surface area contributed by atoms with Gasteiger partial charge in [0.2, 0.25) is 5.82 Å². The van der Waals surface area contributed by atoms with Gasteiger partial charge in [-0.1, -0.05) is 24.3 Å². The van der Waals surface area contributed by atoms with Gasteiger partial charge in [0.25, 0.3) is 5.91 Å². The van der Waals surface area contributed by atoms with E-state index in [-0.39, 0.29) is 5.91 Å². The van der Waals surface area contributed by atoms with Crippen LogP contribution in [0, 0.1) is 6.92 Å². The lowest BCUT2D eigenvalue weighted by molar-refractivity contribution is 0.0754. The molecule has 1 saturated heterocycles. The quantitative estimate of drug-likeness (QED) is 0.854. The maximum atomic E-state index is 12.5. The molecule has 2 heterocycles. The first-order valence-corrected chi connectivity index (χ1v) is 8.54. The molecule has 114 valence electrons. The van der Waals surface area contributed by atoms with E-state index in [0.29, 0.717) is 11.1 Å². The summed E-state index contributed by atoms with van der Waals surface area (Å²) in [6, 6.07) is 10.2. The molecular formula is C17H19N3OS. The molecule has 0 aliphatic carbocycles. The SMILES string of the molecule is Cc1ccccc1C1CCN(C(=O)c2ncccn2)CCS1. The van der Waals surface area contributed by atoms with Crippen molar-refractivity contribution in [1.29, 1.82) is 0 Å². The van der Waals surface area contributed by atoms with Crippen LogP contribution in [0.4, 0.5) is 0 Å². The van der Waals surface area contributed by atoms with E-state index < -0.39 is 0 Å². The van der Waals surface area contributed by atoms with Crippen molar-refractivity contribution in [2.75, 3.05) is 18.8 Å². The largest absolute Gasteiger partial charge is 0.335 e. The summed E-state index contributed by atoms with van der Waals surface area (Å²) in [5.74, 6) is 1.17. The van der Waals surface area contributed by atoms with Crippen LogP contribution in [-0.2, 0) is 0 Å². The van der Waals surface area contributed by atoms with Crippen molar-refractivity contribution in [1.82, 2.24) is 14.9 Å². The molecule has 1 atom stereocenters. The molecular weight excluding hydrogens is 294 g/mol. The molecule has 22 heavy (non-hydrogen) atoms. The maximum absolute atomic E-state index is 12.5. The lowest BCUT2D eigenvalue weighted by Gasteiger charge is -2.19. The van der Waals surface area contributed by atoms with Gasteiger partial charge in [-0.25, -0.2) is 9.97 Å². The minimum absolute atomic E-state index is 0.0633. The Bertz CT molecular complexity index is 647. The third-order valence-corrected chi connectivity index (χ3v) is 5.23. The Balaban J connectivity index is 1.70. The van der Waals surface area contributed by atoms with Crippen molar-refractivity contribution in [3.8, 4) is 0 Å². The molecule has 1 aliphatic rings. The number of carbonyl (C=O) groups is 1. The molecule has 3 rings (SSSR count). The highest BCUT2D eigenvalue weighted by molar-refractivity contribution is 7.99. The summed E-state index contributed by atoms with van der Waals surface area (Å²) >= 11 is 1.93. The van der Waals surface area contributed by atoms with Gasteiger partial charge in [0.05, 0.1) is 0 Å². The molecule has 1 fully saturated rings. The summed E-state index contributed by atoms with van der Waals surface area (Å²) in [6.07, 6.45) is 4.19. The topological polar surface area (TPSA) is 46.1 Å². The van der Waals surface area contributed by atoms with E-state index in [9.17, 15) is 4.79 Å². The number of thioether (sulfide) groups is 1. The molecule has 2 aromatic rings. The number of nitrogens with zero attached hydrogens (tertiary/aromatic N) is 3. The average Bonchev–Trinajstić information content (AvgIpc) is 2.81. The normalized spacial score (nSPS) is 18.8. The molecule has 1 unspecified atom stereocenters. The predicted molar refractivity (Wildman–Crippen MR) is 88.9 cm³/mol. The average molecular weight is 313 g/mol. The molecule has 0 radical (unpaired) electrons. The Kier molecular flexibility index (Phi) is 4.73. The summed E-state index contributed by atoms with van der Waals surface area (Å²) in [5, 5.41) is 0.454. The van der Waals surface area contributed by atoms with Crippen molar-refractivity contribution in [2.24, 2.45) is 0 Å². The standard InChI is InChI=1S/C17H19N3OS/c1-13-5-2-3-6-14(13)15-7-10-20(11-12-22-15)17(21)16-18-8-4-9-19-16/h2-6,8-9,15H,7,10-12H2,1H3. The third-order valence-electron chi connectivity index (χ3n) is 3.92. The van der Waals surface area contributed by atoms with E-state index in [4.69, 9.17) is 0 Å². The minimum Gasteiger partial charge on any atom is -0.335 e. The van der Waals surface area contributed by atoms with Crippen molar-refractivity contribution >= 4 is 17.7 Å². The number of amides is 1. The first-order chi connectivity index (χ1) is 10.8. The van der Waals surface area contributed by atoms with Crippen LogP contribution in [0.15, 0.2) is 42.7 Å². The highest BCUT2D eigenvalue weighted by atomic mass is 32.2. The molecule has 0 saturated carbocycles. The zero-order chi connectivity index (χ0) is 15.4. The van der Waals surface area contributed by atoms with Gasteiger partial charge >= 0.3 is 0 Å². The fourth-order valence-corrected chi connectivity index (χ4v) is 4.05. The van der Waals surface area contributed by atoms with E-state index in [1.54, 1.807) is 18.5 Å².